The lowest BCUT2D eigenvalue weighted by atomic mass is 10.1. The normalized spacial score (nSPS) is 14.5. The third-order valence-corrected chi connectivity index (χ3v) is 5.50. The molecule has 150 valence electrons. The number of halogens is 3. The Balaban J connectivity index is 1.73. The van der Waals surface area contributed by atoms with Gasteiger partial charge in [0.1, 0.15) is 18.2 Å². The summed E-state index contributed by atoms with van der Waals surface area (Å²) in [5, 5.41) is 13.5. The maximum Gasteiger partial charge on any atom is 0.262 e. The molecule has 1 saturated carbocycles. The predicted molar refractivity (Wildman–Crippen MR) is 116 cm³/mol. The zero-order valence-electron chi connectivity index (χ0n) is 15.6. The first kappa shape index (κ1) is 21.5. The summed E-state index contributed by atoms with van der Waals surface area (Å²) >= 11 is 18.5. The summed E-state index contributed by atoms with van der Waals surface area (Å²) in [5.74, 6) is -0.0379. The Morgan fingerprint density at radius 2 is 1.76 bits per heavy atom. The second-order valence-electron chi connectivity index (χ2n) is 6.85. The first-order valence-corrected chi connectivity index (χ1v) is 10.4. The molecule has 1 fully saturated rings. The molecule has 0 spiro atoms. The first-order chi connectivity index (χ1) is 14.0. The molecule has 3 rings (SSSR count). The number of rotatable bonds is 6. The molecule has 0 atom stereocenters. The number of nitrogens with one attached hydrogen (secondary N) is 1. The van der Waals surface area contributed by atoms with Gasteiger partial charge < -0.3 is 10.1 Å². The summed E-state index contributed by atoms with van der Waals surface area (Å²) in [5.41, 5.74) is 1.48. The lowest BCUT2D eigenvalue weighted by molar-refractivity contribution is -0.117. The second kappa shape index (κ2) is 10.0. The van der Waals surface area contributed by atoms with Crippen LogP contribution in [0.25, 0.3) is 6.08 Å². The molecule has 0 aromatic heterocycles. The van der Waals surface area contributed by atoms with Crippen molar-refractivity contribution in [2.75, 3.05) is 0 Å². The van der Waals surface area contributed by atoms with Crippen molar-refractivity contribution in [3.05, 3.63) is 68.2 Å². The quantitative estimate of drug-likeness (QED) is 0.422. The number of carbonyl (C=O) groups excluding carboxylic acids is 1. The van der Waals surface area contributed by atoms with Gasteiger partial charge in [-0.1, -0.05) is 59.8 Å². The van der Waals surface area contributed by atoms with E-state index in [1.165, 1.54) is 6.08 Å². The average Bonchev–Trinajstić information content (AvgIpc) is 3.19. The summed E-state index contributed by atoms with van der Waals surface area (Å²) in [6, 6.07) is 12.6. The van der Waals surface area contributed by atoms with E-state index in [2.05, 4.69) is 5.32 Å². The van der Waals surface area contributed by atoms with E-state index in [0.717, 1.165) is 31.2 Å². The van der Waals surface area contributed by atoms with E-state index in [4.69, 9.17) is 39.5 Å². The standard InChI is InChI=1S/C22H19Cl3N2O2/c23-17-7-5-14(6-8-17)13-29-21-19(24)10-15(11-20(21)25)9-16(12-26)22(28)27-18-3-1-2-4-18/h5-11,18H,1-4,13H2,(H,27,28)/b16-9-. The molecule has 0 unspecified atom stereocenters. The molecule has 0 radical (unpaired) electrons. The van der Waals surface area contributed by atoms with Gasteiger partial charge >= 0.3 is 0 Å². The average molecular weight is 450 g/mol. The van der Waals surface area contributed by atoms with Crippen molar-refractivity contribution in [3.63, 3.8) is 0 Å². The molecule has 0 saturated heterocycles. The number of ether oxygens (including phenoxy) is 1. The predicted octanol–water partition coefficient (Wildman–Crippen LogP) is 6.19. The van der Waals surface area contributed by atoms with Gasteiger partial charge in [-0.05, 0) is 54.3 Å². The van der Waals surface area contributed by atoms with Crippen LogP contribution in [0.15, 0.2) is 42.0 Å². The maximum absolute atomic E-state index is 12.4. The van der Waals surface area contributed by atoms with E-state index in [1.807, 2.05) is 18.2 Å². The molecule has 0 aliphatic heterocycles. The molecule has 0 bridgehead atoms. The van der Waals surface area contributed by atoms with Crippen LogP contribution >= 0.6 is 34.8 Å². The Kier molecular flexibility index (Phi) is 7.44. The minimum absolute atomic E-state index is 0.0128. The van der Waals surface area contributed by atoms with Crippen molar-refractivity contribution < 1.29 is 9.53 Å². The summed E-state index contributed by atoms with van der Waals surface area (Å²) in [6.45, 7) is 0.277. The van der Waals surface area contributed by atoms with Gasteiger partial charge in [-0.15, -0.1) is 0 Å². The van der Waals surface area contributed by atoms with Crippen LogP contribution < -0.4 is 10.1 Å². The van der Waals surface area contributed by atoms with Gasteiger partial charge in [0.25, 0.3) is 5.91 Å². The summed E-state index contributed by atoms with van der Waals surface area (Å²) in [6.07, 6.45) is 5.56. The highest BCUT2D eigenvalue weighted by Gasteiger charge is 2.19. The zero-order chi connectivity index (χ0) is 20.8. The van der Waals surface area contributed by atoms with Crippen molar-refractivity contribution in [1.29, 1.82) is 5.26 Å². The van der Waals surface area contributed by atoms with E-state index in [9.17, 15) is 10.1 Å². The Hall–Kier alpha value is -2.19. The molecule has 29 heavy (non-hydrogen) atoms. The zero-order valence-corrected chi connectivity index (χ0v) is 17.8. The summed E-state index contributed by atoms with van der Waals surface area (Å²) < 4.78 is 5.74. The molecule has 1 aliphatic carbocycles. The molecule has 4 nitrogen and oxygen atoms in total. The first-order valence-electron chi connectivity index (χ1n) is 9.25. The van der Waals surface area contributed by atoms with Gasteiger partial charge in [-0.25, -0.2) is 0 Å². The third-order valence-electron chi connectivity index (χ3n) is 4.68. The van der Waals surface area contributed by atoms with E-state index in [-0.39, 0.29) is 24.1 Å². The molecule has 1 amide bonds. The van der Waals surface area contributed by atoms with Crippen LogP contribution in [0.3, 0.4) is 0 Å². The minimum Gasteiger partial charge on any atom is -0.486 e. The fraction of sp³-hybridized carbons (Fsp3) is 0.273. The van der Waals surface area contributed by atoms with E-state index >= 15 is 0 Å². The number of benzene rings is 2. The highest BCUT2D eigenvalue weighted by Crippen LogP contribution is 2.35. The molecular formula is C22H19Cl3N2O2. The second-order valence-corrected chi connectivity index (χ2v) is 8.10. The van der Waals surface area contributed by atoms with Crippen molar-refractivity contribution in [3.8, 4) is 11.8 Å². The molecule has 1 N–H and O–H groups in total. The Bertz CT molecular complexity index is 936. The van der Waals surface area contributed by atoms with Crippen LogP contribution in [0.5, 0.6) is 5.75 Å². The van der Waals surface area contributed by atoms with Crippen molar-refractivity contribution >= 4 is 46.8 Å². The highest BCUT2D eigenvalue weighted by molar-refractivity contribution is 6.37. The molecule has 2 aromatic carbocycles. The van der Waals surface area contributed by atoms with Gasteiger partial charge in [-0.2, -0.15) is 5.26 Å². The lowest BCUT2D eigenvalue weighted by Gasteiger charge is -2.12. The van der Waals surface area contributed by atoms with Crippen LogP contribution in [-0.2, 0) is 11.4 Å². The van der Waals surface area contributed by atoms with Gasteiger partial charge in [0.05, 0.1) is 10.0 Å². The maximum atomic E-state index is 12.4. The lowest BCUT2D eigenvalue weighted by Crippen LogP contribution is -2.33. The molecule has 0 heterocycles. The molecular weight excluding hydrogens is 431 g/mol. The number of nitrogens with zero attached hydrogens (tertiary/aromatic N) is 1. The van der Waals surface area contributed by atoms with Gasteiger partial charge in [0.15, 0.2) is 5.75 Å². The Morgan fingerprint density at radius 1 is 1.14 bits per heavy atom. The topological polar surface area (TPSA) is 62.1 Å². The van der Waals surface area contributed by atoms with Crippen molar-refractivity contribution in [2.24, 2.45) is 0 Å². The number of amides is 1. The SMILES string of the molecule is N#C/C(=C/c1cc(Cl)c(OCc2ccc(Cl)cc2)c(Cl)c1)C(=O)NC1CCCC1. The van der Waals surface area contributed by atoms with Crippen LogP contribution in [-0.4, -0.2) is 11.9 Å². The summed E-state index contributed by atoms with van der Waals surface area (Å²) in [4.78, 5) is 12.4. The van der Waals surface area contributed by atoms with E-state index in [1.54, 1.807) is 24.3 Å². The highest BCUT2D eigenvalue weighted by atomic mass is 35.5. The van der Waals surface area contributed by atoms with Crippen LogP contribution in [0.2, 0.25) is 15.1 Å². The number of hydrogen-bond donors (Lipinski definition) is 1. The molecule has 7 heteroatoms. The van der Waals surface area contributed by atoms with Gasteiger partial charge in [0.2, 0.25) is 0 Å². The Labute approximate surface area is 185 Å². The largest absolute Gasteiger partial charge is 0.486 e. The van der Waals surface area contributed by atoms with Crippen LogP contribution in [0.1, 0.15) is 36.8 Å². The Morgan fingerprint density at radius 3 is 2.34 bits per heavy atom. The minimum atomic E-state index is -0.380. The smallest absolute Gasteiger partial charge is 0.262 e. The molecule has 2 aromatic rings. The number of carbonyl (C=O) groups is 1. The van der Waals surface area contributed by atoms with Crippen LogP contribution in [0, 0.1) is 11.3 Å². The van der Waals surface area contributed by atoms with Crippen LogP contribution in [0.4, 0.5) is 0 Å². The van der Waals surface area contributed by atoms with Gasteiger partial charge in [-0.3, -0.25) is 4.79 Å². The van der Waals surface area contributed by atoms with Gasteiger partial charge in [0, 0.05) is 11.1 Å². The number of hydrogen-bond acceptors (Lipinski definition) is 3. The monoisotopic (exact) mass is 448 g/mol. The summed E-state index contributed by atoms with van der Waals surface area (Å²) in [7, 11) is 0. The molecule has 1 aliphatic rings. The van der Waals surface area contributed by atoms with Crippen molar-refractivity contribution in [2.45, 2.75) is 38.3 Å². The fourth-order valence-electron chi connectivity index (χ4n) is 3.19. The van der Waals surface area contributed by atoms with E-state index < -0.39 is 0 Å². The number of nitriles is 1. The fourth-order valence-corrected chi connectivity index (χ4v) is 3.92. The third kappa shape index (κ3) is 5.90. The van der Waals surface area contributed by atoms with Crippen molar-refractivity contribution in [1.82, 2.24) is 5.32 Å². The van der Waals surface area contributed by atoms with E-state index in [0.29, 0.717) is 26.4 Å².